The van der Waals surface area contributed by atoms with E-state index in [1.54, 1.807) is 19.2 Å². The van der Waals surface area contributed by atoms with Crippen LogP contribution in [0.2, 0.25) is 0 Å². The number of rotatable bonds is 5. The second-order valence-electron chi connectivity index (χ2n) is 11.0. The molecule has 0 unspecified atom stereocenters. The van der Waals surface area contributed by atoms with Gasteiger partial charge in [-0.25, -0.2) is 22.8 Å². The van der Waals surface area contributed by atoms with Crippen LogP contribution in [0.5, 0.6) is 5.75 Å². The molecule has 0 aliphatic carbocycles. The number of amides is 1. The fourth-order valence-electron chi connectivity index (χ4n) is 5.49. The van der Waals surface area contributed by atoms with Crippen molar-refractivity contribution in [1.82, 2.24) is 20.3 Å². The van der Waals surface area contributed by atoms with Gasteiger partial charge < -0.3 is 19.7 Å². The molecule has 4 aromatic rings. The van der Waals surface area contributed by atoms with Crippen LogP contribution < -0.4 is 15.0 Å². The van der Waals surface area contributed by atoms with Gasteiger partial charge in [0.2, 0.25) is 15.3 Å². The zero-order chi connectivity index (χ0) is 30.3. The number of carbonyl (C=O) groups is 1. The van der Waals surface area contributed by atoms with Crippen molar-refractivity contribution < 1.29 is 27.1 Å². The monoisotopic (exact) mass is 605 g/mol. The van der Waals surface area contributed by atoms with Gasteiger partial charge in [0.15, 0.2) is 0 Å². The molecule has 1 saturated heterocycles. The third-order valence-electron chi connectivity index (χ3n) is 7.54. The third kappa shape index (κ3) is 5.89. The average molecular weight is 606 g/mol. The molecule has 6 rings (SSSR count). The Labute approximate surface area is 249 Å². The Morgan fingerprint density at radius 2 is 1.84 bits per heavy atom. The summed E-state index contributed by atoms with van der Waals surface area (Å²) in [5.74, 6) is 0.440. The molecule has 10 nitrogen and oxygen atoms in total. The minimum atomic E-state index is -4.27. The maximum Gasteiger partial charge on any atom is 0.251 e. The summed E-state index contributed by atoms with van der Waals surface area (Å²) in [7, 11) is -4.27. The first-order valence-electron chi connectivity index (χ1n) is 14.2. The number of anilines is 1. The van der Waals surface area contributed by atoms with Crippen molar-refractivity contribution in [2.75, 3.05) is 24.6 Å². The summed E-state index contributed by atoms with van der Waals surface area (Å²) in [5, 5.41) is 3.61. The quantitative estimate of drug-likeness (QED) is 0.353. The predicted octanol–water partition coefficient (Wildman–Crippen LogP) is 4.40. The topological polar surface area (TPSA) is 124 Å². The molecule has 12 heteroatoms. The smallest absolute Gasteiger partial charge is 0.251 e. The summed E-state index contributed by atoms with van der Waals surface area (Å²) >= 11 is 0. The molecule has 2 aliphatic rings. The Morgan fingerprint density at radius 3 is 2.63 bits per heavy atom. The van der Waals surface area contributed by atoms with E-state index in [-0.39, 0.29) is 48.0 Å². The summed E-state index contributed by atoms with van der Waals surface area (Å²) < 4.78 is 51.1. The molecule has 2 aliphatic heterocycles. The van der Waals surface area contributed by atoms with Gasteiger partial charge in [-0.05, 0) is 68.8 Å². The van der Waals surface area contributed by atoms with Gasteiger partial charge in [-0.1, -0.05) is 6.07 Å². The largest absolute Gasteiger partial charge is 0.492 e. The molecule has 3 aromatic heterocycles. The maximum absolute atomic E-state index is 14.3. The number of halogens is 1. The molecule has 1 amide bonds. The SMILES string of the molecule is Cc1cc(C(=O)NCc2cc3nc(-c4cccc(N5C[C@@H](C)O[C@@H](C)C5)n4)ccc3cn2)cc2c1OCC[C@H](F)S2(=O)=O. The molecule has 1 fully saturated rings. The molecule has 0 saturated carbocycles. The first-order chi connectivity index (χ1) is 20.6. The highest BCUT2D eigenvalue weighted by molar-refractivity contribution is 7.92. The van der Waals surface area contributed by atoms with Crippen LogP contribution in [-0.2, 0) is 21.1 Å². The van der Waals surface area contributed by atoms with E-state index >= 15 is 0 Å². The summed E-state index contributed by atoms with van der Waals surface area (Å²) in [6.45, 7) is 7.28. The van der Waals surface area contributed by atoms with Gasteiger partial charge in [-0.3, -0.25) is 9.78 Å². The first kappa shape index (κ1) is 28.9. The van der Waals surface area contributed by atoms with E-state index in [2.05, 4.69) is 29.0 Å². The highest BCUT2D eigenvalue weighted by Gasteiger charge is 2.34. The van der Waals surface area contributed by atoms with Crippen molar-refractivity contribution >= 4 is 32.5 Å². The number of fused-ring (bicyclic) bond motifs is 2. The molecule has 0 radical (unpaired) electrons. The van der Waals surface area contributed by atoms with Crippen LogP contribution in [-0.4, -0.2) is 66.7 Å². The number of morpholine rings is 1. The number of aromatic nitrogens is 3. The van der Waals surface area contributed by atoms with Gasteiger partial charge >= 0.3 is 0 Å². The van der Waals surface area contributed by atoms with Crippen LogP contribution >= 0.6 is 0 Å². The Morgan fingerprint density at radius 1 is 1.07 bits per heavy atom. The standard InChI is InChI=1S/C31H32FN5O5S/c1-18-11-22(12-27-30(18)41-10-9-28(32)43(27,39)40)31(38)34-15-23-13-26-21(14-33-23)7-8-25(35-26)24-5-4-6-29(36-24)37-16-19(2)42-20(3)17-37/h4-8,11-14,19-20,28H,9-10,15-17H2,1-3H3,(H,34,38)/t19-,20+,28-/m1/s1. The van der Waals surface area contributed by atoms with E-state index < -0.39 is 21.2 Å². The van der Waals surface area contributed by atoms with Gasteiger partial charge in [-0.2, -0.15) is 0 Å². The lowest BCUT2D eigenvalue weighted by molar-refractivity contribution is -0.00545. The Hall–Kier alpha value is -4.16. The normalized spacial score (nSPS) is 21.5. The van der Waals surface area contributed by atoms with E-state index in [1.165, 1.54) is 12.1 Å². The highest BCUT2D eigenvalue weighted by Crippen LogP contribution is 2.36. The van der Waals surface area contributed by atoms with Crippen molar-refractivity contribution in [3.63, 3.8) is 0 Å². The minimum absolute atomic E-state index is 0.0584. The maximum atomic E-state index is 14.3. The third-order valence-corrected chi connectivity index (χ3v) is 9.36. The number of hydrogen-bond acceptors (Lipinski definition) is 9. The molecule has 0 spiro atoms. The molecule has 224 valence electrons. The number of benzene rings is 1. The van der Waals surface area contributed by atoms with E-state index in [4.69, 9.17) is 19.4 Å². The Kier molecular flexibility index (Phi) is 7.74. The summed E-state index contributed by atoms with van der Waals surface area (Å²) in [6, 6.07) is 14.2. The van der Waals surface area contributed by atoms with Crippen molar-refractivity contribution in [2.45, 2.75) is 56.3 Å². The van der Waals surface area contributed by atoms with Gasteiger partial charge in [0, 0.05) is 36.7 Å². The summed E-state index contributed by atoms with van der Waals surface area (Å²) in [4.78, 5) is 29.1. The van der Waals surface area contributed by atoms with Crippen molar-refractivity contribution in [2.24, 2.45) is 0 Å². The van der Waals surface area contributed by atoms with Gasteiger partial charge in [0.05, 0.1) is 48.0 Å². The summed E-state index contributed by atoms with van der Waals surface area (Å²) in [6.07, 6.45) is 1.65. The molecule has 1 aromatic carbocycles. The molecule has 5 heterocycles. The van der Waals surface area contributed by atoms with E-state index in [0.29, 0.717) is 22.5 Å². The van der Waals surface area contributed by atoms with Crippen LogP contribution in [0.4, 0.5) is 10.2 Å². The fraction of sp³-hybridized carbons (Fsp3) is 0.355. The zero-order valence-corrected chi connectivity index (χ0v) is 24.9. The van der Waals surface area contributed by atoms with Crippen molar-refractivity contribution in [1.29, 1.82) is 0 Å². The van der Waals surface area contributed by atoms with Crippen LogP contribution in [0.3, 0.4) is 0 Å². The lowest BCUT2D eigenvalue weighted by atomic mass is 10.1. The van der Waals surface area contributed by atoms with E-state index in [9.17, 15) is 17.6 Å². The minimum Gasteiger partial charge on any atom is -0.492 e. The van der Waals surface area contributed by atoms with Crippen LogP contribution in [0, 0.1) is 6.92 Å². The number of sulfone groups is 1. The molecule has 3 atom stereocenters. The van der Waals surface area contributed by atoms with Gasteiger partial charge in [0.1, 0.15) is 16.5 Å². The molecule has 1 N–H and O–H groups in total. The van der Waals surface area contributed by atoms with Gasteiger partial charge in [-0.15, -0.1) is 0 Å². The fourth-order valence-corrected chi connectivity index (χ4v) is 6.94. The highest BCUT2D eigenvalue weighted by atomic mass is 32.2. The number of nitrogens with zero attached hydrogens (tertiary/aromatic N) is 4. The number of pyridine rings is 3. The number of carbonyl (C=O) groups excluding carboxylic acids is 1. The number of aryl methyl sites for hydroxylation is 1. The Bertz CT molecular complexity index is 1810. The van der Waals surface area contributed by atoms with Crippen molar-refractivity contribution in [3.8, 4) is 17.1 Å². The van der Waals surface area contributed by atoms with Gasteiger partial charge in [0.25, 0.3) is 5.91 Å². The number of ether oxygens (including phenoxy) is 2. The van der Waals surface area contributed by atoms with Crippen LogP contribution in [0.15, 0.2) is 59.6 Å². The average Bonchev–Trinajstić information content (AvgIpc) is 3.10. The lowest BCUT2D eigenvalue weighted by Gasteiger charge is -2.36. The zero-order valence-electron chi connectivity index (χ0n) is 24.1. The summed E-state index contributed by atoms with van der Waals surface area (Å²) in [5.41, 5.74) is 1.15. The molecular weight excluding hydrogens is 573 g/mol. The van der Waals surface area contributed by atoms with E-state index in [0.717, 1.165) is 30.0 Å². The first-order valence-corrected chi connectivity index (χ1v) is 15.7. The van der Waals surface area contributed by atoms with Crippen LogP contribution in [0.25, 0.3) is 22.3 Å². The second-order valence-corrected chi connectivity index (χ2v) is 13.0. The number of hydrogen-bond donors (Lipinski definition) is 1. The lowest BCUT2D eigenvalue weighted by Crippen LogP contribution is -2.45. The number of alkyl halides is 1. The Balaban J connectivity index is 1.21. The molecule has 43 heavy (non-hydrogen) atoms. The molecular formula is C31H32FN5O5S. The predicted molar refractivity (Wildman–Crippen MR) is 160 cm³/mol. The second kappa shape index (κ2) is 11.5. The van der Waals surface area contributed by atoms with Crippen molar-refractivity contribution in [3.05, 3.63) is 71.5 Å². The van der Waals surface area contributed by atoms with Crippen LogP contribution in [0.1, 0.15) is 41.9 Å². The molecule has 0 bridgehead atoms. The number of nitrogens with one attached hydrogen (secondary N) is 1. The van der Waals surface area contributed by atoms with E-state index in [1.807, 2.05) is 30.3 Å².